The number of rotatable bonds is 6. The fourth-order valence-electron chi connectivity index (χ4n) is 3.63. The molecule has 2 aromatic rings. The zero-order chi connectivity index (χ0) is 18.8. The van der Waals surface area contributed by atoms with Gasteiger partial charge >= 0.3 is 0 Å². The van der Waals surface area contributed by atoms with E-state index < -0.39 is 0 Å². The van der Waals surface area contributed by atoms with Gasteiger partial charge in [-0.1, -0.05) is 6.07 Å². The molecule has 1 aliphatic carbocycles. The fraction of sp³-hybridized carbons (Fsp3) is 0.429. The molecule has 142 valence electrons. The molecule has 1 aliphatic heterocycles. The van der Waals surface area contributed by atoms with Crippen LogP contribution in [0.4, 0.5) is 5.69 Å². The Balaban J connectivity index is 1.55. The molecular formula is C21H25N3O3. The lowest BCUT2D eigenvalue weighted by Crippen LogP contribution is -2.33. The number of phenols is 1. The van der Waals surface area contributed by atoms with E-state index in [0.717, 1.165) is 37.2 Å². The number of hydrogen-bond donors (Lipinski definition) is 1. The number of benzene rings is 1. The number of anilines is 1. The lowest BCUT2D eigenvalue weighted by atomic mass is 10.1. The zero-order valence-electron chi connectivity index (χ0n) is 15.6. The van der Waals surface area contributed by atoms with Gasteiger partial charge in [0, 0.05) is 37.6 Å². The monoisotopic (exact) mass is 367 g/mol. The highest BCUT2D eigenvalue weighted by molar-refractivity contribution is 5.93. The van der Waals surface area contributed by atoms with Crippen molar-refractivity contribution < 1.29 is 14.6 Å². The van der Waals surface area contributed by atoms with E-state index in [1.54, 1.807) is 18.3 Å². The first-order valence-electron chi connectivity index (χ1n) is 9.53. The predicted octanol–water partition coefficient (Wildman–Crippen LogP) is 3.20. The van der Waals surface area contributed by atoms with Crippen LogP contribution in [0.1, 0.15) is 41.7 Å². The van der Waals surface area contributed by atoms with E-state index in [4.69, 9.17) is 4.74 Å². The van der Waals surface area contributed by atoms with Crippen molar-refractivity contribution in [3.8, 4) is 11.5 Å². The standard InChI is InChI=1S/C21H25N3O3/c1-27-20-12-15(4-7-19(20)25)14-24(16-5-6-16)21(26)18-13-17(8-9-22-18)23-10-2-3-11-23/h4,7-9,12-13,16,25H,2-3,5-6,10-11,14H2,1H3. The molecule has 6 nitrogen and oxygen atoms in total. The molecule has 2 heterocycles. The molecule has 2 fully saturated rings. The summed E-state index contributed by atoms with van der Waals surface area (Å²) in [6, 6.07) is 9.38. The Morgan fingerprint density at radius 1 is 1.26 bits per heavy atom. The summed E-state index contributed by atoms with van der Waals surface area (Å²) in [7, 11) is 1.52. The van der Waals surface area contributed by atoms with Crippen molar-refractivity contribution in [2.75, 3.05) is 25.1 Å². The van der Waals surface area contributed by atoms with Crippen LogP contribution in [0.5, 0.6) is 11.5 Å². The number of hydrogen-bond acceptors (Lipinski definition) is 5. The Morgan fingerprint density at radius 2 is 2.04 bits per heavy atom. The summed E-state index contributed by atoms with van der Waals surface area (Å²) in [6.45, 7) is 2.56. The summed E-state index contributed by atoms with van der Waals surface area (Å²) in [4.78, 5) is 21.7. The Kier molecular flexibility index (Phi) is 4.88. The predicted molar refractivity (Wildman–Crippen MR) is 103 cm³/mol. The van der Waals surface area contributed by atoms with Crippen LogP contribution < -0.4 is 9.64 Å². The third kappa shape index (κ3) is 3.84. The van der Waals surface area contributed by atoms with Crippen LogP contribution in [0.15, 0.2) is 36.5 Å². The third-order valence-electron chi connectivity index (χ3n) is 5.28. The van der Waals surface area contributed by atoms with Crippen molar-refractivity contribution >= 4 is 11.6 Å². The van der Waals surface area contributed by atoms with Gasteiger partial charge in [0.15, 0.2) is 11.5 Å². The lowest BCUT2D eigenvalue weighted by Gasteiger charge is -2.24. The topological polar surface area (TPSA) is 65.9 Å². The summed E-state index contributed by atoms with van der Waals surface area (Å²) in [5.41, 5.74) is 2.51. The smallest absolute Gasteiger partial charge is 0.273 e. The molecule has 1 amide bonds. The molecule has 6 heteroatoms. The molecule has 1 saturated carbocycles. The number of nitrogens with zero attached hydrogens (tertiary/aromatic N) is 3. The number of aromatic nitrogens is 1. The maximum absolute atomic E-state index is 13.2. The third-order valence-corrected chi connectivity index (χ3v) is 5.28. The number of carbonyl (C=O) groups is 1. The van der Waals surface area contributed by atoms with E-state index in [1.807, 2.05) is 23.1 Å². The minimum atomic E-state index is -0.0365. The van der Waals surface area contributed by atoms with Crippen molar-refractivity contribution in [3.63, 3.8) is 0 Å². The van der Waals surface area contributed by atoms with Gasteiger partial charge in [-0.2, -0.15) is 0 Å². The molecule has 1 N–H and O–H groups in total. The van der Waals surface area contributed by atoms with Crippen LogP contribution in [0.2, 0.25) is 0 Å². The molecule has 1 aromatic carbocycles. The molecule has 4 rings (SSSR count). The molecule has 1 saturated heterocycles. The second-order valence-corrected chi connectivity index (χ2v) is 7.26. The maximum Gasteiger partial charge on any atom is 0.273 e. The number of amides is 1. The molecule has 1 aromatic heterocycles. The molecule has 0 spiro atoms. The normalized spacial score (nSPS) is 16.4. The first-order chi connectivity index (χ1) is 13.2. The van der Waals surface area contributed by atoms with Crippen molar-refractivity contribution in [1.29, 1.82) is 0 Å². The first kappa shape index (κ1) is 17.6. The van der Waals surface area contributed by atoms with Gasteiger partial charge in [0.1, 0.15) is 5.69 Å². The Bertz CT molecular complexity index is 829. The van der Waals surface area contributed by atoms with Gasteiger partial charge in [-0.15, -0.1) is 0 Å². The zero-order valence-corrected chi connectivity index (χ0v) is 15.6. The molecule has 27 heavy (non-hydrogen) atoms. The highest BCUT2D eigenvalue weighted by Gasteiger charge is 2.34. The van der Waals surface area contributed by atoms with E-state index in [-0.39, 0.29) is 17.7 Å². The average molecular weight is 367 g/mol. The minimum absolute atomic E-state index is 0.0365. The number of carbonyl (C=O) groups excluding carboxylic acids is 1. The van der Waals surface area contributed by atoms with Crippen molar-refractivity contribution in [2.24, 2.45) is 0 Å². The van der Waals surface area contributed by atoms with Gasteiger partial charge < -0.3 is 19.6 Å². The number of pyridine rings is 1. The number of ether oxygens (including phenoxy) is 1. The Labute approximate surface area is 159 Å². The van der Waals surface area contributed by atoms with Gasteiger partial charge in [0.25, 0.3) is 5.91 Å². The molecular weight excluding hydrogens is 342 g/mol. The highest BCUT2D eigenvalue weighted by atomic mass is 16.5. The SMILES string of the molecule is COc1cc(CN(C(=O)c2cc(N3CCCC3)ccn2)C2CC2)ccc1O. The highest BCUT2D eigenvalue weighted by Crippen LogP contribution is 2.32. The number of aromatic hydroxyl groups is 1. The van der Waals surface area contributed by atoms with E-state index >= 15 is 0 Å². The van der Waals surface area contributed by atoms with Crippen LogP contribution in [-0.4, -0.2) is 47.1 Å². The Morgan fingerprint density at radius 3 is 2.74 bits per heavy atom. The molecule has 0 bridgehead atoms. The van der Waals surface area contributed by atoms with Gasteiger partial charge in [0.2, 0.25) is 0 Å². The van der Waals surface area contributed by atoms with E-state index in [1.165, 1.54) is 20.0 Å². The van der Waals surface area contributed by atoms with Crippen LogP contribution >= 0.6 is 0 Å². The number of phenolic OH excluding ortho intramolecular Hbond substituents is 1. The van der Waals surface area contributed by atoms with E-state index in [9.17, 15) is 9.90 Å². The van der Waals surface area contributed by atoms with E-state index in [2.05, 4.69) is 9.88 Å². The quantitative estimate of drug-likeness (QED) is 0.849. The van der Waals surface area contributed by atoms with Gasteiger partial charge in [0.05, 0.1) is 7.11 Å². The molecule has 0 unspecified atom stereocenters. The fourth-order valence-corrected chi connectivity index (χ4v) is 3.63. The van der Waals surface area contributed by atoms with Crippen LogP contribution in [0, 0.1) is 0 Å². The van der Waals surface area contributed by atoms with Crippen LogP contribution in [0.3, 0.4) is 0 Å². The maximum atomic E-state index is 13.2. The summed E-state index contributed by atoms with van der Waals surface area (Å²) < 4.78 is 5.19. The van der Waals surface area contributed by atoms with Crippen molar-refractivity contribution in [2.45, 2.75) is 38.3 Å². The average Bonchev–Trinajstić information content (AvgIpc) is 3.39. The summed E-state index contributed by atoms with van der Waals surface area (Å²) >= 11 is 0. The van der Waals surface area contributed by atoms with E-state index in [0.29, 0.717) is 18.0 Å². The minimum Gasteiger partial charge on any atom is -0.504 e. The Hall–Kier alpha value is -2.76. The molecule has 2 aliphatic rings. The van der Waals surface area contributed by atoms with Crippen molar-refractivity contribution in [3.05, 3.63) is 47.8 Å². The first-order valence-corrected chi connectivity index (χ1v) is 9.53. The molecule has 0 atom stereocenters. The van der Waals surface area contributed by atoms with Gasteiger partial charge in [-0.05, 0) is 55.5 Å². The largest absolute Gasteiger partial charge is 0.504 e. The second-order valence-electron chi connectivity index (χ2n) is 7.26. The summed E-state index contributed by atoms with van der Waals surface area (Å²) in [5.74, 6) is 0.487. The second kappa shape index (κ2) is 7.47. The van der Waals surface area contributed by atoms with Crippen molar-refractivity contribution in [1.82, 2.24) is 9.88 Å². The summed E-state index contributed by atoms with van der Waals surface area (Å²) in [5, 5.41) is 9.79. The lowest BCUT2D eigenvalue weighted by molar-refractivity contribution is 0.0724. The van der Waals surface area contributed by atoms with Crippen LogP contribution in [0.25, 0.3) is 0 Å². The van der Waals surface area contributed by atoms with Crippen LogP contribution in [-0.2, 0) is 6.54 Å². The summed E-state index contributed by atoms with van der Waals surface area (Å²) in [6.07, 6.45) is 6.17. The molecule has 0 radical (unpaired) electrons. The van der Waals surface area contributed by atoms with Gasteiger partial charge in [-0.3, -0.25) is 9.78 Å². The number of methoxy groups -OCH3 is 1. The van der Waals surface area contributed by atoms with Gasteiger partial charge in [-0.25, -0.2) is 0 Å².